The van der Waals surface area contributed by atoms with Crippen molar-refractivity contribution in [1.29, 1.82) is 0 Å². The van der Waals surface area contributed by atoms with Gasteiger partial charge < -0.3 is 15.1 Å². The number of rotatable bonds is 3. The third-order valence-corrected chi connectivity index (χ3v) is 4.22. The monoisotopic (exact) mass is 340 g/mol. The molecule has 0 radical (unpaired) electrons. The number of halogens is 3. The van der Waals surface area contributed by atoms with E-state index < -0.39 is 17.8 Å². The number of hydrogen-bond acceptors (Lipinski definition) is 4. The third kappa shape index (κ3) is 2.89. The molecule has 2 heterocycles. The topological polar surface area (TPSA) is 73.7 Å². The summed E-state index contributed by atoms with van der Waals surface area (Å²) in [6.07, 6.45) is -3.20. The molecular weight excluding hydrogens is 325 g/mol. The molecule has 0 saturated carbocycles. The highest BCUT2D eigenvalue weighted by atomic mass is 19.4. The summed E-state index contributed by atoms with van der Waals surface area (Å²) in [4.78, 5) is 16.5. The van der Waals surface area contributed by atoms with Crippen molar-refractivity contribution in [2.75, 3.05) is 18.1 Å². The van der Waals surface area contributed by atoms with E-state index in [1.54, 1.807) is 4.90 Å². The fraction of sp³-hybridized carbons (Fsp3) is 0.375. The molecule has 0 unspecified atom stereocenters. The number of aliphatic hydroxyl groups is 1. The standard InChI is InChI=1S/C16H15F3N2O3/c17-16(18,19)14-7-13(21-5-1-2-10(21)8-22)11-6-9(15(23)24)3-4-12(11)20-14/h3-4,6-7,10,22H,1-2,5,8H2,(H,23,24)/t10-/m1/s1. The second-order valence-electron chi connectivity index (χ2n) is 5.73. The maximum atomic E-state index is 13.1. The van der Waals surface area contributed by atoms with E-state index >= 15 is 0 Å². The van der Waals surface area contributed by atoms with Crippen molar-refractivity contribution >= 4 is 22.6 Å². The number of fused-ring (bicyclic) bond motifs is 1. The summed E-state index contributed by atoms with van der Waals surface area (Å²) < 4.78 is 39.4. The molecule has 1 atom stereocenters. The van der Waals surface area contributed by atoms with Gasteiger partial charge in [-0.1, -0.05) is 0 Å². The van der Waals surface area contributed by atoms with E-state index in [2.05, 4.69) is 4.98 Å². The van der Waals surface area contributed by atoms with Crippen LogP contribution < -0.4 is 4.90 Å². The van der Waals surface area contributed by atoms with Crippen molar-refractivity contribution < 1.29 is 28.2 Å². The van der Waals surface area contributed by atoms with Crippen LogP contribution in [-0.2, 0) is 6.18 Å². The van der Waals surface area contributed by atoms with Crippen molar-refractivity contribution in [2.45, 2.75) is 25.1 Å². The van der Waals surface area contributed by atoms with Crippen molar-refractivity contribution in [1.82, 2.24) is 4.98 Å². The van der Waals surface area contributed by atoms with Crippen LogP contribution in [-0.4, -0.2) is 40.4 Å². The molecular formula is C16H15F3N2O3. The number of alkyl halides is 3. The van der Waals surface area contributed by atoms with E-state index in [1.807, 2.05) is 0 Å². The lowest BCUT2D eigenvalue weighted by molar-refractivity contribution is -0.140. The van der Waals surface area contributed by atoms with Gasteiger partial charge in [0.05, 0.1) is 23.7 Å². The van der Waals surface area contributed by atoms with Crippen LogP contribution in [0.15, 0.2) is 24.3 Å². The van der Waals surface area contributed by atoms with Gasteiger partial charge in [-0.3, -0.25) is 0 Å². The van der Waals surface area contributed by atoms with Crippen molar-refractivity contribution in [2.24, 2.45) is 0 Å². The van der Waals surface area contributed by atoms with Gasteiger partial charge in [-0.25, -0.2) is 9.78 Å². The summed E-state index contributed by atoms with van der Waals surface area (Å²) in [5.41, 5.74) is -0.720. The highest BCUT2D eigenvalue weighted by Gasteiger charge is 2.35. The molecule has 5 nitrogen and oxygen atoms in total. The van der Waals surface area contributed by atoms with Gasteiger partial charge in [0, 0.05) is 17.6 Å². The third-order valence-electron chi connectivity index (χ3n) is 4.22. The lowest BCUT2D eigenvalue weighted by Gasteiger charge is -2.27. The Balaban J connectivity index is 2.25. The van der Waals surface area contributed by atoms with Crippen LogP contribution in [0.5, 0.6) is 0 Å². The predicted octanol–water partition coefficient (Wildman–Crippen LogP) is 2.91. The molecule has 1 fully saturated rings. The number of aliphatic hydroxyl groups excluding tert-OH is 1. The second kappa shape index (κ2) is 5.94. The first kappa shape index (κ1) is 16.5. The van der Waals surface area contributed by atoms with Gasteiger partial charge in [0.25, 0.3) is 0 Å². The molecule has 2 aromatic rings. The highest BCUT2D eigenvalue weighted by molar-refractivity contribution is 5.98. The van der Waals surface area contributed by atoms with Crippen LogP contribution in [0.1, 0.15) is 28.9 Å². The molecule has 1 saturated heterocycles. The number of hydrogen-bond donors (Lipinski definition) is 2. The maximum absolute atomic E-state index is 13.1. The molecule has 1 aromatic carbocycles. The van der Waals surface area contributed by atoms with Gasteiger partial charge in [-0.15, -0.1) is 0 Å². The largest absolute Gasteiger partial charge is 0.478 e. The number of carboxylic acid groups (broad SMARTS) is 1. The minimum Gasteiger partial charge on any atom is -0.478 e. The predicted molar refractivity (Wildman–Crippen MR) is 81.2 cm³/mol. The van der Waals surface area contributed by atoms with E-state index in [4.69, 9.17) is 5.11 Å². The van der Waals surface area contributed by atoms with Crippen LogP contribution >= 0.6 is 0 Å². The number of nitrogens with zero attached hydrogens (tertiary/aromatic N) is 2. The number of pyridine rings is 1. The summed E-state index contributed by atoms with van der Waals surface area (Å²) >= 11 is 0. The molecule has 3 rings (SSSR count). The Morgan fingerprint density at radius 3 is 2.71 bits per heavy atom. The number of carbonyl (C=O) groups is 1. The van der Waals surface area contributed by atoms with E-state index in [1.165, 1.54) is 18.2 Å². The molecule has 0 aliphatic carbocycles. The van der Waals surface area contributed by atoms with Crippen LogP contribution in [0.3, 0.4) is 0 Å². The summed E-state index contributed by atoms with van der Waals surface area (Å²) in [7, 11) is 0. The van der Waals surface area contributed by atoms with Crippen LogP contribution in [0, 0.1) is 0 Å². The Labute approximate surface area is 135 Å². The van der Waals surface area contributed by atoms with Gasteiger partial charge in [0.2, 0.25) is 0 Å². The minimum atomic E-state index is -4.61. The van der Waals surface area contributed by atoms with Gasteiger partial charge in [0.15, 0.2) is 0 Å². The van der Waals surface area contributed by atoms with E-state index in [9.17, 15) is 23.1 Å². The van der Waals surface area contributed by atoms with E-state index in [0.717, 1.165) is 12.5 Å². The van der Waals surface area contributed by atoms with E-state index in [-0.39, 0.29) is 29.4 Å². The Bertz CT molecular complexity index is 792. The van der Waals surface area contributed by atoms with Crippen LogP contribution in [0.2, 0.25) is 0 Å². The van der Waals surface area contributed by atoms with Gasteiger partial charge in [0.1, 0.15) is 5.69 Å². The van der Waals surface area contributed by atoms with E-state index in [0.29, 0.717) is 18.4 Å². The zero-order chi connectivity index (χ0) is 17.5. The summed E-state index contributed by atoms with van der Waals surface area (Å²) in [6, 6.07) is 4.48. The Kier molecular flexibility index (Phi) is 4.08. The lowest BCUT2D eigenvalue weighted by atomic mass is 10.1. The second-order valence-corrected chi connectivity index (χ2v) is 5.73. The molecule has 1 aliphatic rings. The highest BCUT2D eigenvalue weighted by Crippen LogP contribution is 2.37. The van der Waals surface area contributed by atoms with Crippen molar-refractivity contribution in [3.8, 4) is 0 Å². The molecule has 0 spiro atoms. The molecule has 8 heteroatoms. The summed E-state index contributed by atoms with van der Waals surface area (Å²) in [6.45, 7) is 0.322. The van der Waals surface area contributed by atoms with Gasteiger partial charge in [-0.05, 0) is 37.1 Å². The molecule has 128 valence electrons. The normalized spacial score (nSPS) is 18.3. The summed E-state index contributed by atoms with van der Waals surface area (Å²) in [5.74, 6) is -1.16. The number of carboxylic acids is 1. The number of aromatic nitrogens is 1. The fourth-order valence-electron chi connectivity index (χ4n) is 3.07. The smallest absolute Gasteiger partial charge is 0.433 e. The average molecular weight is 340 g/mol. The first-order chi connectivity index (χ1) is 11.3. The average Bonchev–Trinajstić information content (AvgIpc) is 3.00. The molecule has 2 N–H and O–H groups in total. The Hall–Kier alpha value is -2.35. The Morgan fingerprint density at radius 1 is 1.33 bits per heavy atom. The van der Waals surface area contributed by atoms with Gasteiger partial charge in [-0.2, -0.15) is 13.2 Å². The SMILES string of the molecule is O=C(O)c1ccc2nc(C(F)(F)F)cc(N3CCC[C@@H]3CO)c2c1. The number of aromatic carboxylic acids is 1. The van der Waals surface area contributed by atoms with Gasteiger partial charge >= 0.3 is 12.1 Å². The number of benzene rings is 1. The minimum absolute atomic E-state index is 0.0231. The van der Waals surface area contributed by atoms with Crippen LogP contribution in [0.25, 0.3) is 10.9 Å². The first-order valence-corrected chi connectivity index (χ1v) is 7.44. The molecule has 0 bridgehead atoms. The lowest BCUT2D eigenvalue weighted by Crippen LogP contribution is -2.32. The fourth-order valence-corrected chi connectivity index (χ4v) is 3.07. The molecule has 24 heavy (non-hydrogen) atoms. The first-order valence-electron chi connectivity index (χ1n) is 7.44. The van der Waals surface area contributed by atoms with Crippen molar-refractivity contribution in [3.63, 3.8) is 0 Å². The molecule has 1 aromatic heterocycles. The number of anilines is 1. The molecule has 0 amide bonds. The molecule has 1 aliphatic heterocycles. The zero-order valence-electron chi connectivity index (χ0n) is 12.5. The quantitative estimate of drug-likeness (QED) is 0.899. The van der Waals surface area contributed by atoms with Crippen LogP contribution in [0.4, 0.5) is 18.9 Å². The Morgan fingerprint density at radius 2 is 2.08 bits per heavy atom. The zero-order valence-corrected chi connectivity index (χ0v) is 12.5. The van der Waals surface area contributed by atoms with Crippen molar-refractivity contribution in [3.05, 3.63) is 35.5 Å². The maximum Gasteiger partial charge on any atom is 0.433 e. The summed E-state index contributed by atoms with van der Waals surface area (Å²) in [5, 5.41) is 18.9.